The van der Waals surface area contributed by atoms with Crippen LogP contribution in [0.3, 0.4) is 0 Å². The van der Waals surface area contributed by atoms with Crippen LogP contribution >= 0.6 is 0 Å². The third kappa shape index (κ3) is 2.32. The van der Waals surface area contributed by atoms with Gasteiger partial charge in [0.25, 0.3) is 11.8 Å². The van der Waals surface area contributed by atoms with Crippen molar-refractivity contribution in [3.8, 4) is 11.5 Å². The van der Waals surface area contributed by atoms with Gasteiger partial charge in [0.05, 0.1) is 23.8 Å². The number of oxazole rings is 1. The first-order valence-electron chi connectivity index (χ1n) is 8.54. The van der Waals surface area contributed by atoms with Crippen molar-refractivity contribution >= 4 is 23.0 Å². The highest BCUT2D eigenvalue weighted by molar-refractivity contribution is 6.21. The van der Waals surface area contributed by atoms with Crippen LogP contribution in [0.15, 0.2) is 40.9 Å². The fraction of sp³-hybridized carbons (Fsp3) is 0.263. The van der Waals surface area contributed by atoms with Gasteiger partial charge < -0.3 is 9.15 Å². The summed E-state index contributed by atoms with van der Waals surface area (Å²) in [7, 11) is 0. The summed E-state index contributed by atoms with van der Waals surface area (Å²) in [5.74, 6) is -0.192. The summed E-state index contributed by atoms with van der Waals surface area (Å²) in [4.78, 5) is 35.1. The highest BCUT2D eigenvalue weighted by Crippen LogP contribution is 2.30. The van der Waals surface area contributed by atoms with E-state index in [-0.39, 0.29) is 17.9 Å². The smallest absolute Gasteiger partial charge is 0.261 e. The van der Waals surface area contributed by atoms with Crippen LogP contribution < -0.4 is 0 Å². The van der Waals surface area contributed by atoms with Gasteiger partial charge in [0, 0.05) is 18.4 Å². The zero-order chi connectivity index (χ0) is 17.7. The third-order valence-corrected chi connectivity index (χ3v) is 4.79. The van der Waals surface area contributed by atoms with Gasteiger partial charge in [0.1, 0.15) is 0 Å². The molecule has 5 rings (SSSR count). The molecule has 7 heteroatoms. The minimum atomic E-state index is -0.295. The number of rotatable bonds is 3. The van der Waals surface area contributed by atoms with Gasteiger partial charge in [-0.3, -0.25) is 14.5 Å². The van der Waals surface area contributed by atoms with E-state index in [0.29, 0.717) is 47.0 Å². The number of hydrogen-bond acceptors (Lipinski definition) is 6. The van der Waals surface area contributed by atoms with Gasteiger partial charge in [0.2, 0.25) is 5.89 Å². The fourth-order valence-electron chi connectivity index (χ4n) is 3.47. The van der Waals surface area contributed by atoms with Crippen LogP contribution in [0.5, 0.6) is 0 Å². The summed E-state index contributed by atoms with van der Waals surface area (Å²) >= 11 is 0. The molecule has 2 amide bonds. The molecule has 130 valence electrons. The van der Waals surface area contributed by atoms with Crippen molar-refractivity contribution in [1.82, 2.24) is 14.9 Å². The molecule has 26 heavy (non-hydrogen) atoms. The second-order valence-corrected chi connectivity index (χ2v) is 6.46. The van der Waals surface area contributed by atoms with Crippen molar-refractivity contribution in [2.75, 3.05) is 13.2 Å². The molecule has 0 aliphatic carbocycles. The number of aromatic nitrogens is 2. The van der Waals surface area contributed by atoms with Crippen LogP contribution in [0.4, 0.5) is 0 Å². The lowest BCUT2D eigenvalue weighted by molar-refractivity contribution is 0.0475. The average molecular weight is 349 g/mol. The summed E-state index contributed by atoms with van der Waals surface area (Å²) in [5, 5.41) is 0. The molecule has 0 bridgehead atoms. The Labute approximate surface area is 148 Å². The lowest BCUT2D eigenvalue weighted by Crippen LogP contribution is -2.36. The number of nitrogens with zero attached hydrogens (tertiary/aromatic N) is 3. The minimum absolute atomic E-state index is 0.0696. The number of fused-ring (bicyclic) bond motifs is 2. The normalized spacial score (nSPS) is 19.5. The minimum Gasteiger partial charge on any atom is -0.434 e. The van der Waals surface area contributed by atoms with Crippen molar-refractivity contribution in [1.29, 1.82) is 0 Å². The monoisotopic (exact) mass is 349 g/mol. The van der Waals surface area contributed by atoms with Gasteiger partial charge >= 0.3 is 0 Å². The van der Waals surface area contributed by atoms with E-state index >= 15 is 0 Å². The predicted octanol–water partition coefficient (Wildman–Crippen LogP) is 2.66. The zero-order valence-electron chi connectivity index (χ0n) is 13.8. The molecule has 4 heterocycles. The van der Waals surface area contributed by atoms with Gasteiger partial charge in [-0.1, -0.05) is 0 Å². The molecule has 0 spiro atoms. The Bertz CT molecular complexity index is 1000. The lowest BCUT2D eigenvalue weighted by atomic mass is 10.1. The number of hydrogen-bond donors (Lipinski definition) is 0. The van der Waals surface area contributed by atoms with Gasteiger partial charge in [-0.05, 0) is 43.2 Å². The number of carbonyl (C=O) groups excluding carboxylic acids is 2. The maximum atomic E-state index is 12.7. The maximum Gasteiger partial charge on any atom is 0.261 e. The van der Waals surface area contributed by atoms with Crippen LogP contribution in [-0.2, 0) is 4.74 Å². The highest BCUT2D eigenvalue weighted by atomic mass is 16.5. The number of benzene rings is 1. The Hall–Kier alpha value is -3.06. The van der Waals surface area contributed by atoms with E-state index in [4.69, 9.17) is 9.15 Å². The molecule has 1 saturated heterocycles. The molecular formula is C19H15N3O4. The fourth-order valence-corrected chi connectivity index (χ4v) is 3.47. The van der Waals surface area contributed by atoms with Crippen molar-refractivity contribution in [3.05, 3.63) is 47.7 Å². The number of ether oxygens (including phenoxy) is 1. The summed E-state index contributed by atoms with van der Waals surface area (Å²) < 4.78 is 11.3. The van der Waals surface area contributed by atoms with Gasteiger partial charge in [0.15, 0.2) is 11.2 Å². The van der Waals surface area contributed by atoms with Crippen molar-refractivity contribution in [2.45, 2.75) is 18.9 Å². The summed E-state index contributed by atoms with van der Waals surface area (Å²) in [6.07, 6.45) is 3.40. The largest absolute Gasteiger partial charge is 0.434 e. The summed E-state index contributed by atoms with van der Waals surface area (Å²) in [5.41, 5.74) is 2.50. The van der Waals surface area contributed by atoms with Gasteiger partial charge in [-0.15, -0.1) is 0 Å². The zero-order valence-corrected chi connectivity index (χ0v) is 13.8. The molecule has 3 aromatic rings. The number of imide groups is 1. The molecule has 1 fully saturated rings. The number of pyridine rings is 1. The van der Waals surface area contributed by atoms with E-state index in [9.17, 15) is 9.59 Å². The first-order chi connectivity index (χ1) is 12.7. The second kappa shape index (κ2) is 5.74. The predicted molar refractivity (Wildman–Crippen MR) is 91.6 cm³/mol. The van der Waals surface area contributed by atoms with Crippen LogP contribution in [0, 0.1) is 0 Å². The molecular weight excluding hydrogens is 334 g/mol. The van der Waals surface area contributed by atoms with Crippen molar-refractivity contribution in [2.24, 2.45) is 0 Å². The Morgan fingerprint density at radius 2 is 2.04 bits per heavy atom. The van der Waals surface area contributed by atoms with Gasteiger partial charge in [-0.25, -0.2) is 4.98 Å². The SMILES string of the molecule is O=C1c2ccc(-c3nc4ncccc4o3)cc2C(=O)N1CC1CCCO1. The molecule has 1 aromatic carbocycles. The molecule has 7 nitrogen and oxygen atoms in total. The first kappa shape index (κ1) is 15.2. The number of carbonyl (C=O) groups is 2. The summed E-state index contributed by atoms with van der Waals surface area (Å²) in [6.45, 7) is 0.984. The van der Waals surface area contributed by atoms with Crippen molar-refractivity contribution < 1.29 is 18.7 Å². The van der Waals surface area contributed by atoms with Crippen molar-refractivity contribution in [3.63, 3.8) is 0 Å². The van der Waals surface area contributed by atoms with E-state index in [2.05, 4.69) is 9.97 Å². The quantitative estimate of drug-likeness (QED) is 0.676. The molecule has 0 radical (unpaired) electrons. The number of amides is 2. The van der Waals surface area contributed by atoms with Crippen LogP contribution in [-0.4, -0.2) is 45.9 Å². The van der Waals surface area contributed by atoms with Crippen LogP contribution in [0.1, 0.15) is 33.6 Å². The van der Waals surface area contributed by atoms with E-state index in [1.54, 1.807) is 36.5 Å². The molecule has 2 aliphatic heterocycles. The van der Waals surface area contributed by atoms with E-state index < -0.39 is 0 Å². The Morgan fingerprint density at radius 3 is 2.85 bits per heavy atom. The Morgan fingerprint density at radius 1 is 1.15 bits per heavy atom. The van der Waals surface area contributed by atoms with Crippen LogP contribution in [0.25, 0.3) is 22.7 Å². The first-order valence-corrected chi connectivity index (χ1v) is 8.54. The van der Waals surface area contributed by atoms with Crippen LogP contribution in [0.2, 0.25) is 0 Å². The topological polar surface area (TPSA) is 85.5 Å². The molecule has 1 unspecified atom stereocenters. The molecule has 2 aromatic heterocycles. The molecule has 2 aliphatic rings. The van der Waals surface area contributed by atoms with E-state index in [1.165, 1.54) is 4.90 Å². The summed E-state index contributed by atoms with van der Waals surface area (Å²) in [6, 6.07) is 8.61. The maximum absolute atomic E-state index is 12.7. The third-order valence-electron chi connectivity index (χ3n) is 4.79. The molecule has 1 atom stereocenters. The average Bonchev–Trinajstić information content (AvgIpc) is 3.37. The second-order valence-electron chi connectivity index (χ2n) is 6.46. The lowest BCUT2D eigenvalue weighted by Gasteiger charge is -2.17. The van der Waals surface area contributed by atoms with E-state index in [1.807, 2.05) is 0 Å². The molecule has 0 saturated carbocycles. The Balaban J connectivity index is 1.49. The van der Waals surface area contributed by atoms with Gasteiger partial charge in [-0.2, -0.15) is 4.98 Å². The molecule has 0 N–H and O–H groups in total. The Kier molecular flexibility index (Phi) is 3.36. The van der Waals surface area contributed by atoms with E-state index in [0.717, 1.165) is 12.8 Å². The highest BCUT2D eigenvalue weighted by Gasteiger charge is 2.37. The standard InChI is InChI=1S/C19H15N3O4/c23-18-13-6-5-11(17-21-16-15(26-17)4-1-7-20-16)9-14(13)19(24)22(18)10-12-3-2-8-25-12/h1,4-7,9,12H,2-3,8,10H2.